The minimum atomic E-state index is -0.311. The smallest absolute Gasteiger partial charge is 0.264 e. The molecule has 0 bridgehead atoms. The molecule has 0 N–H and O–H groups in total. The predicted octanol–water partition coefficient (Wildman–Crippen LogP) is 6.88. The molecule has 0 saturated carbocycles. The van der Waals surface area contributed by atoms with E-state index in [4.69, 9.17) is 44.3 Å². The van der Waals surface area contributed by atoms with Crippen molar-refractivity contribution >= 4 is 52.5 Å². The molecule has 6 nitrogen and oxygen atoms in total. The Morgan fingerprint density at radius 1 is 0.947 bits per heavy atom. The molecule has 0 aromatic heterocycles. The van der Waals surface area contributed by atoms with Crippen LogP contribution in [0.1, 0.15) is 18.1 Å². The Morgan fingerprint density at radius 3 is 2.34 bits per heavy atom. The van der Waals surface area contributed by atoms with Crippen LogP contribution in [0.25, 0.3) is 6.08 Å². The largest absolute Gasteiger partial charge is 0.490 e. The average molecular weight is 571 g/mol. The molecule has 0 unspecified atom stereocenters. The molecular formula is C29H26Cl3N3O3. The summed E-state index contributed by atoms with van der Waals surface area (Å²) in [6, 6.07) is 20.7. The van der Waals surface area contributed by atoms with Crippen molar-refractivity contribution in [3.63, 3.8) is 0 Å². The number of carbonyl (C=O) groups is 1. The van der Waals surface area contributed by atoms with Gasteiger partial charge in [-0.2, -0.15) is 5.26 Å². The first-order chi connectivity index (χ1) is 18.4. The van der Waals surface area contributed by atoms with Crippen molar-refractivity contribution in [1.29, 1.82) is 5.26 Å². The number of piperazine rings is 1. The van der Waals surface area contributed by atoms with Crippen LogP contribution in [0.3, 0.4) is 0 Å². The highest BCUT2D eigenvalue weighted by Gasteiger charge is 2.24. The molecule has 0 atom stereocenters. The normalized spacial score (nSPS) is 13.7. The zero-order valence-corrected chi connectivity index (χ0v) is 23.1. The van der Waals surface area contributed by atoms with E-state index in [9.17, 15) is 10.1 Å². The predicted molar refractivity (Wildman–Crippen MR) is 152 cm³/mol. The Morgan fingerprint density at radius 2 is 1.68 bits per heavy atom. The minimum Gasteiger partial charge on any atom is -0.490 e. The van der Waals surface area contributed by atoms with E-state index in [0.717, 1.165) is 11.3 Å². The number of ether oxygens (including phenoxy) is 2. The van der Waals surface area contributed by atoms with Crippen LogP contribution in [0, 0.1) is 11.3 Å². The number of hydrogen-bond donors (Lipinski definition) is 0. The molecule has 3 aromatic rings. The number of nitrogens with zero attached hydrogens (tertiary/aromatic N) is 3. The third kappa shape index (κ3) is 6.73. The fourth-order valence-electron chi connectivity index (χ4n) is 4.14. The van der Waals surface area contributed by atoms with Crippen molar-refractivity contribution in [3.05, 3.63) is 92.4 Å². The van der Waals surface area contributed by atoms with Crippen LogP contribution in [0.15, 0.2) is 66.2 Å². The topological polar surface area (TPSA) is 65.8 Å². The Bertz CT molecular complexity index is 1360. The van der Waals surface area contributed by atoms with Gasteiger partial charge in [-0.1, -0.05) is 59.1 Å². The minimum absolute atomic E-state index is 0.0288. The zero-order chi connectivity index (χ0) is 27.1. The molecule has 38 heavy (non-hydrogen) atoms. The van der Waals surface area contributed by atoms with Gasteiger partial charge >= 0.3 is 0 Å². The number of rotatable bonds is 8. The lowest BCUT2D eigenvalue weighted by Gasteiger charge is -2.36. The van der Waals surface area contributed by atoms with Crippen molar-refractivity contribution in [2.24, 2.45) is 0 Å². The van der Waals surface area contributed by atoms with Gasteiger partial charge in [0.15, 0.2) is 11.5 Å². The summed E-state index contributed by atoms with van der Waals surface area (Å²) in [5.74, 6) is 0.459. The van der Waals surface area contributed by atoms with Crippen LogP contribution in [0.4, 0.5) is 5.69 Å². The van der Waals surface area contributed by atoms with Crippen LogP contribution in [-0.2, 0) is 11.4 Å². The van der Waals surface area contributed by atoms with E-state index in [2.05, 4.69) is 23.1 Å². The molecule has 1 heterocycles. The van der Waals surface area contributed by atoms with Crippen molar-refractivity contribution in [2.45, 2.75) is 13.5 Å². The number of halogens is 3. The number of carbonyl (C=O) groups excluding carboxylic acids is 1. The number of hydrogen-bond acceptors (Lipinski definition) is 5. The average Bonchev–Trinajstić information content (AvgIpc) is 2.93. The standard InChI is InChI=1S/C29H26Cl3N3O3/c1-2-37-27-17-21(16-26(32)28(27)38-19-20-8-9-24(30)25(31)15-20)14-22(18-33)29(36)35-12-10-34(11-13-35)23-6-4-3-5-7-23/h3-9,14-17H,2,10-13,19H2,1H3/b22-14-. The van der Waals surface area contributed by atoms with Gasteiger partial charge in [-0.15, -0.1) is 0 Å². The lowest BCUT2D eigenvalue weighted by molar-refractivity contribution is -0.126. The first-order valence-electron chi connectivity index (χ1n) is 12.1. The van der Waals surface area contributed by atoms with Gasteiger partial charge in [0, 0.05) is 31.9 Å². The second-order valence-electron chi connectivity index (χ2n) is 8.58. The molecule has 1 aliphatic heterocycles. The van der Waals surface area contributed by atoms with Gasteiger partial charge in [0.2, 0.25) is 0 Å². The van der Waals surface area contributed by atoms with Gasteiger partial charge in [0.1, 0.15) is 18.2 Å². The maximum Gasteiger partial charge on any atom is 0.264 e. The molecule has 196 valence electrons. The number of anilines is 1. The van der Waals surface area contributed by atoms with Crippen molar-refractivity contribution in [3.8, 4) is 17.6 Å². The first kappa shape index (κ1) is 27.7. The Kier molecular flexibility index (Phi) is 9.41. The molecule has 0 radical (unpaired) electrons. The highest BCUT2D eigenvalue weighted by Crippen LogP contribution is 2.38. The molecule has 1 aliphatic rings. The van der Waals surface area contributed by atoms with Crippen LogP contribution in [0.2, 0.25) is 15.1 Å². The Labute approximate surface area is 237 Å². The highest BCUT2D eigenvalue weighted by molar-refractivity contribution is 6.42. The molecule has 0 aliphatic carbocycles. The fourth-order valence-corrected chi connectivity index (χ4v) is 4.74. The summed E-state index contributed by atoms with van der Waals surface area (Å²) >= 11 is 18.7. The summed E-state index contributed by atoms with van der Waals surface area (Å²) < 4.78 is 11.7. The Hall–Kier alpha value is -3.37. The monoisotopic (exact) mass is 569 g/mol. The third-order valence-electron chi connectivity index (χ3n) is 6.05. The van der Waals surface area contributed by atoms with E-state index in [-0.39, 0.29) is 18.1 Å². The van der Waals surface area contributed by atoms with Crippen molar-refractivity contribution < 1.29 is 14.3 Å². The maximum atomic E-state index is 13.2. The van der Waals surface area contributed by atoms with Gasteiger partial charge in [0.05, 0.1) is 21.7 Å². The van der Waals surface area contributed by atoms with Crippen molar-refractivity contribution in [2.75, 3.05) is 37.7 Å². The van der Waals surface area contributed by atoms with Crippen LogP contribution in [0.5, 0.6) is 11.5 Å². The first-order valence-corrected chi connectivity index (χ1v) is 13.3. The van der Waals surface area contributed by atoms with E-state index in [1.807, 2.05) is 31.2 Å². The number of nitriles is 1. The van der Waals surface area contributed by atoms with E-state index >= 15 is 0 Å². The second kappa shape index (κ2) is 12.9. The lowest BCUT2D eigenvalue weighted by Crippen LogP contribution is -2.49. The van der Waals surface area contributed by atoms with E-state index in [0.29, 0.717) is 64.9 Å². The summed E-state index contributed by atoms with van der Waals surface area (Å²) in [6.45, 7) is 4.86. The van der Waals surface area contributed by atoms with Gasteiger partial charge in [0.25, 0.3) is 5.91 Å². The van der Waals surface area contributed by atoms with Gasteiger partial charge in [-0.05, 0) is 60.5 Å². The van der Waals surface area contributed by atoms with Crippen LogP contribution in [-0.4, -0.2) is 43.6 Å². The Balaban J connectivity index is 1.49. The summed E-state index contributed by atoms with van der Waals surface area (Å²) in [6.07, 6.45) is 1.53. The SMILES string of the molecule is CCOc1cc(/C=C(/C#N)C(=O)N2CCN(c3ccccc3)CC2)cc(Cl)c1OCc1ccc(Cl)c(Cl)c1. The summed E-state index contributed by atoms with van der Waals surface area (Å²) in [5, 5.41) is 11.0. The molecule has 1 amide bonds. The van der Waals surface area contributed by atoms with Crippen molar-refractivity contribution in [1.82, 2.24) is 4.90 Å². The molecule has 4 rings (SSSR count). The summed E-state index contributed by atoms with van der Waals surface area (Å²) in [5.41, 5.74) is 2.52. The summed E-state index contributed by atoms with van der Waals surface area (Å²) in [4.78, 5) is 17.1. The van der Waals surface area contributed by atoms with Gasteiger partial charge in [-0.3, -0.25) is 4.79 Å². The number of amides is 1. The van der Waals surface area contributed by atoms with Crippen LogP contribution >= 0.6 is 34.8 Å². The zero-order valence-electron chi connectivity index (χ0n) is 20.8. The number of para-hydroxylation sites is 1. The van der Waals surface area contributed by atoms with Crippen LogP contribution < -0.4 is 14.4 Å². The number of benzene rings is 3. The maximum absolute atomic E-state index is 13.2. The molecule has 9 heteroatoms. The lowest BCUT2D eigenvalue weighted by atomic mass is 10.1. The summed E-state index contributed by atoms with van der Waals surface area (Å²) in [7, 11) is 0. The third-order valence-corrected chi connectivity index (χ3v) is 7.07. The molecular weight excluding hydrogens is 545 g/mol. The molecule has 1 saturated heterocycles. The quantitative estimate of drug-likeness (QED) is 0.218. The van der Waals surface area contributed by atoms with E-state index in [1.165, 1.54) is 6.08 Å². The van der Waals surface area contributed by atoms with Gasteiger partial charge < -0.3 is 19.3 Å². The van der Waals surface area contributed by atoms with Gasteiger partial charge in [-0.25, -0.2) is 0 Å². The molecule has 1 fully saturated rings. The second-order valence-corrected chi connectivity index (χ2v) is 9.81. The fraction of sp³-hybridized carbons (Fsp3) is 0.241. The van der Waals surface area contributed by atoms with E-state index < -0.39 is 0 Å². The molecule has 0 spiro atoms. The highest BCUT2D eigenvalue weighted by atomic mass is 35.5. The van der Waals surface area contributed by atoms with E-state index in [1.54, 1.807) is 29.2 Å². The molecule has 3 aromatic carbocycles.